The lowest BCUT2D eigenvalue weighted by molar-refractivity contribution is 0.679. The van der Waals surface area contributed by atoms with Crippen molar-refractivity contribution in [1.29, 1.82) is 0 Å². The van der Waals surface area contributed by atoms with Gasteiger partial charge >= 0.3 is 0 Å². The molecule has 0 heterocycles. The van der Waals surface area contributed by atoms with Gasteiger partial charge in [0.05, 0.1) is 23.4 Å². The fourth-order valence-electron chi connectivity index (χ4n) is 2.61. The zero-order valence-corrected chi connectivity index (χ0v) is 18.7. The molecule has 2 aromatic rings. The van der Waals surface area contributed by atoms with Crippen molar-refractivity contribution in [3.63, 3.8) is 0 Å². The molecule has 0 aliphatic carbocycles. The zero-order valence-electron chi connectivity index (χ0n) is 15.6. The van der Waals surface area contributed by atoms with Crippen LogP contribution in [0.15, 0.2) is 64.5 Å². The number of guanidine groups is 1. The average molecular weight is 485 g/mol. The Bertz CT molecular complexity index is 722. The molecule has 0 radical (unpaired) electrons. The molecular formula is C20H28IN3OS. The highest BCUT2D eigenvalue weighted by molar-refractivity contribution is 14.0. The van der Waals surface area contributed by atoms with E-state index in [4.69, 9.17) is 0 Å². The van der Waals surface area contributed by atoms with Crippen molar-refractivity contribution in [2.45, 2.75) is 31.7 Å². The molecule has 0 saturated heterocycles. The van der Waals surface area contributed by atoms with Gasteiger partial charge in [-0.3, -0.25) is 9.20 Å². The molecule has 2 atom stereocenters. The summed E-state index contributed by atoms with van der Waals surface area (Å²) in [4.78, 5) is 5.43. The number of hydrogen-bond acceptors (Lipinski definition) is 2. The van der Waals surface area contributed by atoms with Crippen LogP contribution in [0.3, 0.4) is 0 Å². The summed E-state index contributed by atoms with van der Waals surface area (Å²) in [5.41, 5.74) is 2.50. The second kappa shape index (κ2) is 12.1. The van der Waals surface area contributed by atoms with E-state index in [9.17, 15) is 4.21 Å². The third kappa shape index (κ3) is 7.07. The van der Waals surface area contributed by atoms with E-state index in [0.29, 0.717) is 12.3 Å². The molecule has 0 aliphatic rings. The van der Waals surface area contributed by atoms with Gasteiger partial charge in [0.1, 0.15) is 0 Å². The van der Waals surface area contributed by atoms with Gasteiger partial charge in [0, 0.05) is 17.2 Å². The molecule has 2 rings (SSSR count). The minimum absolute atomic E-state index is 0. The second-order valence-corrected chi connectivity index (χ2v) is 7.42. The number of aliphatic imine (C=N–C) groups is 1. The van der Waals surface area contributed by atoms with E-state index in [-0.39, 0.29) is 30.0 Å². The first-order valence-electron chi connectivity index (χ1n) is 8.65. The van der Waals surface area contributed by atoms with Gasteiger partial charge in [-0.05, 0) is 44.0 Å². The van der Waals surface area contributed by atoms with E-state index in [2.05, 4.69) is 41.6 Å². The SMILES string of the molecule is CCNC(=NCCS(=O)c1ccccc1)NC(C)c1ccccc1C.I. The maximum Gasteiger partial charge on any atom is 0.191 e. The first-order chi connectivity index (χ1) is 12.1. The monoisotopic (exact) mass is 485 g/mol. The van der Waals surface area contributed by atoms with Crippen molar-refractivity contribution in [1.82, 2.24) is 10.6 Å². The van der Waals surface area contributed by atoms with Crippen molar-refractivity contribution < 1.29 is 4.21 Å². The summed E-state index contributed by atoms with van der Waals surface area (Å²) in [5.74, 6) is 1.27. The van der Waals surface area contributed by atoms with Crippen molar-refractivity contribution in [2.75, 3.05) is 18.8 Å². The van der Waals surface area contributed by atoms with Gasteiger partial charge in [0.2, 0.25) is 0 Å². The number of halogens is 1. The molecule has 0 spiro atoms. The molecule has 2 N–H and O–H groups in total. The number of nitrogens with zero attached hydrogens (tertiary/aromatic N) is 1. The van der Waals surface area contributed by atoms with E-state index in [1.165, 1.54) is 11.1 Å². The summed E-state index contributed by atoms with van der Waals surface area (Å²) in [5, 5.41) is 6.68. The first kappa shape index (κ1) is 22.6. The summed E-state index contributed by atoms with van der Waals surface area (Å²) in [6, 6.07) is 18.0. The van der Waals surface area contributed by atoms with Crippen LogP contribution in [-0.2, 0) is 10.8 Å². The average Bonchev–Trinajstić information content (AvgIpc) is 2.62. The lowest BCUT2D eigenvalue weighted by atomic mass is 10.0. The molecule has 2 aromatic carbocycles. The van der Waals surface area contributed by atoms with Gasteiger partial charge in [-0.15, -0.1) is 24.0 Å². The second-order valence-electron chi connectivity index (χ2n) is 5.85. The van der Waals surface area contributed by atoms with Crippen LogP contribution in [0.4, 0.5) is 0 Å². The standard InChI is InChI=1S/C20H27N3OS.HI/c1-4-21-20(23-17(3)19-13-9-8-10-16(19)2)22-14-15-25(24)18-11-6-5-7-12-18;/h5-13,17H,4,14-15H2,1-3H3,(H2,21,22,23);1H. The lowest BCUT2D eigenvalue weighted by Crippen LogP contribution is -2.39. The van der Waals surface area contributed by atoms with E-state index in [1.807, 2.05) is 49.4 Å². The summed E-state index contributed by atoms with van der Waals surface area (Å²) < 4.78 is 12.3. The van der Waals surface area contributed by atoms with Crippen LogP contribution in [0.5, 0.6) is 0 Å². The van der Waals surface area contributed by atoms with E-state index in [0.717, 1.165) is 17.4 Å². The van der Waals surface area contributed by atoms with Gasteiger partial charge in [-0.1, -0.05) is 42.5 Å². The Morgan fingerprint density at radius 1 is 1.12 bits per heavy atom. The quantitative estimate of drug-likeness (QED) is 0.354. The lowest BCUT2D eigenvalue weighted by Gasteiger charge is -2.19. The van der Waals surface area contributed by atoms with Crippen LogP contribution in [-0.4, -0.2) is 29.0 Å². The summed E-state index contributed by atoms with van der Waals surface area (Å²) >= 11 is 0. The fourth-order valence-corrected chi connectivity index (χ4v) is 3.56. The highest BCUT2D eigenvalue weighted by Crippen LogP contribution is 2.16. The van der Waals surface area contributed by atoms with Gasteiger partial charge in [-0.2, -0.15) is 0 Å². The topological polar surface area (TPSA) is 53.5 Å². The highest BCUT2D eigenvalue weighted by atomic mass is 127. The van der Waals surface area contributed by atoms with Crippen molar-refractivity contribution >= 4 is 40.7 Å². The predicted octanol–water partition coefficient (Wildman–Crippen LogP) is 4.04. The predicted molar refractivity (Wildman–Crippen MR) is 122 cm³/mol. The molecule has 0 amide bonds. The van der Waals surface area contributed by atoms with E-state index >= 15 is 0 Å². The van der Waals surface area contributed by atoms with Gasteiger partial charge in [0.15, 0.2) is 5.96 Å². The molecule has 26 heavy (non-hydrogen) atoms. The Kier molecular flexibility index (Phi) is 10.5. The van der Waals surface area contributed by atoms with Crippen LogP contribution < -0.4 is 10.6 Å². The maximum atomic E-state index is 12.3. The van der Waals surface area contributed by atoms with Crippen LogP contribution in [0.25, 0.3) is 0 Å². The minimum Gasteiger partial charge on any atom is -0.357 e. The Labute approximate surface area is 176 Å². The molecule has 0 bridgehead atoms. The van der Waals surface area contributed by atoms with Crippen LogP contribution in [0, 0.1) is 6.92 Å². The maximum absolute atomic E-state index is 12.3. The largest absolute Gasteiger partial charge is 0.357 e. The van der Waals surface area contributed by atoms with E-state index in [1.54, 1.807) is 0 Å². The van der Waals surface area contributed by atoms with Crippen LogP contribution in [0.2, 0.25) is 0 Å². The summed E-state index contributed by atoms with van der Waals surface area (Å²) in [6.45, 7) is 7.57. The van der Waals surface area contributed by atoms with Gasteiger partial charge in [0.25, 0.3) is 0 Å². The summed E-state index contributed by atoms with van der Waals surface area (Å²) in [6.07, 6.45) is 0. The van der Waals surface area contributed by atoms with Crippen LogP contribution in [0.1, 0.15) is 31.0 Å². The molecule has 142 valence electrons. The first-order valence-corrected chi connectivity index (χ1v) is 9.97. The molecule has 6 heteroatoms. The van der Waals surface area contributed by atoms with Crippen molar-refractivity contribution in [2.24, 2.45) is 4.99 Å². The molecule has 0 fully saturated rings. The molecule has 0 aromatic heterocycles. The number of nitrogens with one attached hydrogen (secondary N) is 2. The Morgan fingerprint density at radius 2 is 1.77 bits per heavy atom. The Balaban J connectivity index is 0.00000338. The Morgan fingerprint density at radius 3 is 2.42 bits per heavy atom. The fraction of sp³-hybridized carbons (Fsp3) is 0.350. The molecular weight excluding hydrogens is 457 g/mol. The number of rotatable bonds is 7. The molecule has 0 saturated carbocycles. The van der Waals surface area contributed by atoms with Crippen LogP contribution >= 0.6 is 24.0 Å². The minimum atomic E-state index is -1.02. The molecule has 2 unspecified atom stereocenters. The summed E-state index contributed by atoms with van der Waals surface area (Å²) in [7, 11) is -1.02. The number of aryl methyl sites for hydroxylation is 1. The van der Waals surface area contributed by atoms with Gasteiger partial charge in [-0.25, -0.2) is 0 Å². The third-order valence-electron chi connectivity index (χ3n) is 3.91. The van der Waals surface area contributed by atoms with Gasteiger partial charge < -0.3 is 10.6 Å². The zero-order chi connectivity index (χ0) is 18.1. The molecule has 4 nitrogen and oxygen atoms in total. The smallest absolute Gasteiger partial charge is 0.191 e. The number of benzene rings is 2. The highest BCUT2D eigenvalue weighted by Gasteiger charge is 2.10. The molecule has 0 aliphatic heterocycles. The van der Waals surface area contributed by atoms with Crippen molar-refractivity contribution in [3.8, 4) is 0 Å². The van der Waals surface area contributed by atoms with E-state index < -0.39 is 10.8 Å². The number of hydrogen-bond donors (Lipinski definition) is 2. The Hall–Kier alpha value is -1.41. The third-order valence-corrected chi connectivity index (χ3v) is 5.26. The van der Waals surface area contributed by atoms with Crippen molar-refractivity contribution in [3.05, 3.63) is 65.7 Å². The normalized spacial score (nSPS) is 13.4.